The molecular formula is C23H39IN6O3. The molecule has 2 N–H and O–H groups in total. The van der Waals surface area contributed by atoms with Crippen LogP contribution in [0.25, 0.3) is 0 Å². The highest BCUT2D eigenvalue weighted by Crippen LogP contribution is 2.21. The molecule has 1 aromatic heterocycles. The van der Waals surface area contributed by atoms with Crippen LogP contribution < -0.4 is 15.4 Å². The van der Waals surface area contributed by atoms with Crippen LogP contribution in [0.2, 0.25) is 0 Å². The second-order valence-corrected chi connectivity index (χ2v) is 7.37. The van der Waals surface area contributed by atoms with Gasteiger partial charge in [-0.05, 0) is 45.7 Å². The van der Waals surface area contributed by atoms with E-state index < -0.39 is 0 Å². The molecule has 9 nitrogen and oxygen atoms in total. The molecule has 0 saturated carbocycles. The van der Waals surface area contributed by atoms with Crippen molar-refractivity contribution in [2.75, 3.05) is 39.6 Å². The van der Waals surface area contributed by atoms with Gasteiger partial charge in [0.15, 0.2) is 11.8 Å². The molecule has 0 aliphatic carbocycles. The molecule has 186 valence electrons. The topological polar surface area (TPSA) is 94.8 Å². The van der Waals surface area contributed by atoms with E-state index in [1.54, 1.807) is 0 Å². The van der Waals surface area contributed by atoms with Crippen LogP contribution >= 0.6 is 24.0 Å². The summed E-state index contributed by atoms with van der Waals surface area (Å²) in [5, 5.41) is 15.1. The summed E-state index contributed by atoms with van der Waals surface area (Å²) < 4.78 is 18.7. The number of guanidine groups is 1. The van der Waals surface area contributed by atoms with Gasteiger partial charge in [0.1, 0.15) is 18.2 Å². The molecule has 0 atom stereocenters. The van der Waals surface area contributed by atoms with Gasteiger partial charge in [0.25, 0.3) is 0 Å². The van der Waals surface area contributed by atoms with Gasteiger partial charge in [0.05, 0.1) is 19.7 Å². The maximum atomic E-state index is 5.95. The summed E-state index contributed by atoms with van der Waals surface area (Å²) in [6, 6.07) is 6.18. The van der Waals surface area contributed by atoms with Crippen molar-refractivity contribution < 1.29 is 14.2 Å². The van der Waals surface area contributed by atoms with Gasteiger partial charge in [0, 0.05) is 39.0 Å². The van der Waals surface area contributed by atoms with Gasteiger partial charge < -0.3 is 29.4 Å². The number of ether oxygens (including phenoxy) is 3. The fraction of sp³-hybridized carbons (Fsp3) is 0.609. The zero-order valence-electron chi connectivity index (χ0n) is 20.5. The second kappa shape index (κ2) is 16.7. The molecule has 0 aliphatic heterocycles. The summed E-state index contributed by atoms with van der Waals surface area (Å²) in [6.07, 6.45) is 0.897. The average Bonchev–Trinajstić information content (AvgIpc) is 3.11. The third-order valence-electron chi connectivity index (χ3n) is 4.88. The highest BCUT2D eigenvalue weighted by atomic mass is 127. The number of halogens is 1. The van der Waals surface area contributed by atoms with Crippen molar-refractivity contribution in [3.8, 4) is 5.75 Å². The number of nitrogens with one attached hydrogen (secondary N) is 2. The second-order valence-electron chi connectivity index (χ2n) is 7.37. The molecular weight excluding hydrogens is 535 g/mol. The number of aryl methyl sites for hydroxylation is 2. The van der Waals surface area contributed by atoms with Crippen molar-refractivity contribution in [2.45, 2.75) is 47.2 Å². The zero-order chi connectivity index (χ0) is 23.2. The van der Waals surface area contributed by atoms with Crippen molar-refractivity contribution in [2.24, 2.45) is 12.0 Å². The standard InChI is InChI=1S/C23H38N6O3.HI/c1-6-30-12-8-11-24-23(26-17-22-28-27-19(4)29(22)5)25-16-20-10-9-18(3)15-21(20)32-14-13-31-7-2;/h9-10,15H,6-8,11-14,16-17H2,1-5H3,(H2,24,25,26);1H. The first-order chi connectivity index (χ1) is 15.5. The minimum atomic E-state index is 0. The van der Waals surface area contributed by atoms with E-state index in [9.17, 15) is 0 Å². The monoisotopic (exact) mass is 574 g/mol. The van der Waals surface area contributed by atoms with Gasteiger partial charge in [-0.15, -0.1) is 34.2 Å². The quantitative estimate of drug-likeness (QED) is 0.155. The molecule has 0 unspecified atom stereocenters. The van der Waals surface area contributed by atoms with E-state index in [4.69, 9.17) is 19.2 Å². The lowest BCUT2D eigenvalue weighted by atomic mass is 10.1. The Morgan fingerprint density at radius 1 is 1.03 bits per heavy atom. The molecule has 0 radical (unpaired) electrons. The highest BCUT2D eigenvalue weighted by molar-refractivity contribution is 14.0. The molecule has 2 aromatic rings. The molecule has 0 bridgehead atoms. The summed E-state index contributed by atoms with van der Waals surface area (Å²) >= 11 is 0. The lowest BCUT2D eigenvalue weighted by molar-refractivity contribution is 0.110. The first-order valence-corrected chi connectivity index (χ1v) is 11.3. The van der Waals surface area contributed by atoms with Crippen LogP contribution in [0.1, 0.15) is 43.0 Å². The summed E-state index contributed by atoms with van der Waals surface area (Å²) in [5.41, 5.74) is 2.17. The van der Waals surface area contributed by atoms with Crippen molar-refractivity contribution in [1.29, 1.82) is 0 Å². The molecule has 10 heteroatoms. The highest BCUT2D eigenvalue weighted by Gasteiger charge is 2.08. The van der Waals surface area contributed by atoms with Gasteiger partial charge in [0.2, 0.25) is 0 Å². The van der Waals surface area contributed by atoms with Crippen LogP contribution in [0.3, 0.4) is 0 Å². The molecule has 0 aliphatic rings. The number of hydrogen-bond donors (Lipinski definition) is 2. The van der Waals surface area contributed by atoms with Crippen molar-refractivity contribution >= 4 is 29.9 Å². The Balaban J connectivity index is 0.00000544. The van der Waals surface area contributed by atoms with Crippen LogP contribution in [0, 0.1) is 13.8 Å². The van der Waals surface area contributed by atoms with Crippen molar-refractivity contribution in [1.82, 2.24) is 25.4 Å². The maximum absolute atomic E-state index is 5.95. The van der Waals surface area contributed by atoms with Gasteiger partial charge >= 0.3 is 0 Å². The first-order valence-electron chi connectivity index (χ1n) is 11.3. The molecule has 2 rings (SSSR count). The maximum Gasteiger partial charge on any atom is 0.191 e. The molecule has 0 saturated heterocycles. The fourth-order valence-corrected chi connectivity index (χ4v) is 2.91. The third-order valence-corrected chi connectivity index (χ3v) is 4.88. The number of rotatable bonds is 14. The smallest absolute Gasteiger partial charge is 0.191 e. The van der Waals surface area contributed by atoms with Crippen molar-refractivity contribution in [3.05, 3.63) is 41.0 Å². The largest absolute Gasteiger partial charge is 0.491 e. The van der Waals surface area contributed by atoms with Crippen molar-refractivity contribution in [3.63, 3.8) is 0 Å². The van der Waals surface area contributed by atoms with Crippen LogP contribution in [-0.4, -0.2) is 60.3 Å². The van der Waals surface area contributed by atoms with E-state index >= 15 is 0 Å². The van der Waals surface area contributed by atoms with Gasteiger partial charge in [-0.25, -0.2) is 4.99 Å². The van der Waals surface area contributed by atoms with E-state index in [2.05, 4.69) is 39.9 Å². The molecule has 0 amide bonds. The Kier molecular flexibility index (Phi) is 14.7. The summed E-state index contributed by atoms with van der Waals surface area (Å²) in [7, 11) is 1.96. The normalized spacial score (nSPS) is 11.2. The Bertz CT molecular complexity index is 844. The molecule has 1 heterocycles. The SMILES string of the molecule is CCOCCCNC(=NCc1ccc(C)cc1OCCOCC)NCc1nnc(C)n1C.I. The van der Waals surface area contributed by atoms with Crippen LogP contribution in [-0.2, 0) is 29.6 Å². The number of aliphatic imine (C=N–C) groups is 1. The lowest BCUT2D eigenvalue weighted by Gasteiger charge is -2.14. The first kappa shape index (κ1) is 29.1. The minimum absolute atomic E-state index is 0. The van der Waals surface area contributed by atoms with E-state index in [0.717, 1.165) is 54.7 Å². The lowest BCUT2D eigenvalue weighted by Crippen LogP contribution is -2.38. The van der Waals surface area contributed by atoms with E-state index in [0.29, 0.717) is 38.9 Å². The molecule has 33 heavy (non-hydrogen) atoms. The number of aromatic nitrogens is 3. The molecule has 1 aromatic carbocycles. The Labute approximate surface area is 214 Å². The Morgan fingerprint density at radius 3 is 2.48 bits per heavy atom. The van der Waals surface area contributed by atoms with Gasteiger partial charge in [-0.2, -0.15) is 0 Å². The summed E-state index contributed by atoms with van der Waals surface area (Å²) in [4.78, 5) is 4.78. The number of nitrogens with zero attached hydrogens (tertiary/aromatic N) is 4. The van der Waals surface area contributed by atoms with E-state index in [1.807, 2.05) is 38.5 Å². The van der Waals surface area contributed by atoms with Gasteiger partial charge in [-0.3, -0.25) is 0 Å². The Morgan fingerprint density at radius 2 is 1.79 bits per heavy atom. The predicted molar refractivity (Wildman–Crippen MR) is 141 cm³/mol. The number of hydrogen-bond acceptors (Lipinski definition) is 6. The number of benzene rings is 1. The van der Waals surface area contributed by atoms with Crippen LogP contribution in [0.4, 0.5) is 0 Å². The molecule has 0 fully saturated rings. The van der Waals surface area contributed by atoms with E-state index in [1.165, 1.54) is 0 Å². The Hall–Kier alpha value is -1.92. The summed E-state index contributed by atoms with van der Waals surface area (Å²) in [6.45, 7) is 12.9. The van der Waals surface area contributed by atoms with Gasteiger partial charge in [-0.1, -0.05) is 12.1 Å². The third kappa shape index (κ3) is 10.7. The van der Waals surface area contributed by atoms with Crippen LogP contribution in [0.5, 0.6) is 5.75 Å². The average molecular weight is 575 g/mol. The van der Waals surface area contributed by atoms with E-state index in [-0.39, 0.29) is 24.0 Å². The van der Waals surface area contributed by atoms with Crippen LogP contribution in [0.15, 0.2) is 23.2 Å². The minimum Gasteiger partial charge on any atom is -0.491 e. The zero-order valence-corrected chi connectivity index (χ0v) is 22.8. The fourth-order valence-electron chi connectivity index (χ4n) is 2.91. The predicted octanol–water partition coefficient (Wildman–Crippen LogP) is 3.13. The molecule has 0 spiro atoms. The summed E-state index contributed by atoms with van der Waals surface area (Å²) in [5.74, 6) is 3.27.